The highest BCUT2D eigenvalue weighted by molar-refractivity contribution is 5.37. The molecule has 100 valence electrons. The fourth-order valence-corrected chi connectivity index (χ4v) is 2.01. The second-order valence-electron chi connectivity index (χ2n) is 4.73. The highest BCUT2D eigenvalue weighted by Gasteiger charge is 2.01. The van der Waals surface area contributed by atoms with Gasteiger partial charge in [-0.3, -0.25) is 4.98 Å². The molecule has 0 atom stereocenters. The zero-order valence-corrected chi connectivity index (χ0v) is 11.7. The maximum Gasteiger partial charge on any atom is 0.146 e. The number of aromatic nitrogens is 1. The van der Waals surface area contributed by atoms with Gasteiger partial charge in [0.15, 0.2) is 0 Å². The van der Waals surface area contributed by atoms with Gasteiger partial charge in [0.25, 0.3) is 0 Å². The van der Waals surface area contributed by atoms with Crippen LogP contribution < -0.4 is 10.1 Å². The van der Waals surface area contributed by atoms with Crippen LogP contribution in [0.25, 0.3) is 0 Å². The minimum atomic E-state index is 0.778. The summed E-state index contributed by atoms with van der Waals surface area (Å²) in [5.41, 5.74) is 3.53. The van der Waals surface area contributed by atoms with Crippen LogP contribution in [-0.4, -0.2) is 11.5 Å². The monoisotopic (exact) mass is 256 g/mol. The number of ether oxygens (including phenoxy) is 1. The van der Waals surface area contributed by atoms with Crippen LogP contribution in [0.15, 0.2) is 36.7 Å². The average molecular weight is 256 g/mol. The quantitative estimate of drug-likeness (QED) is 0.887. The van der Waals surface area contributed by atoms with Crippen LogP contribution in [0.1, 0.15) is 23.6 Å². The van der Waals surface area contributed by atoms with Crippen LogP contribution in [0.5, 0.6) is 11.5 Å². The first kappa shape index (κ1) is 13.6. The van der Waals surface area contributed by atoms with E-state index in [0.717, 1.165) is 30.2 Å². The van der Waals surface area contributed by atoms with Crippen molar-refractivity contribution in [2.75, 3.05) is 6.54 Å². The van der Waals surface area contributed by atoms with Gasteiger partial charge in [0.05, 0.1) is 6.20 Å². The van der Waals surface area contributed by atoms with E-state index >= 15 is 0 Å². The minimum Gasteiger partial charge on any atom is -0.456 e. The zero-order chi connectivity index (χ0) is 13.7. The molecular formula is C16H20N2O. The van der Waals surface area contributed by atoms with Crippen LogP contribution in [0.3, 0.4) is 0 Å². The van der Waals surface area contributed by atoms with Crippen LogP contribution in [0.2, 0.25) is 0 Å². The molecule has 1 aromatic carbocycles. The van der Waals surface area contributed by atoms with E-state index in [2.05, 4.69) is 37.1 Å². The van der Waals surface area contributed by atoms with E-state index in [9.17, 15) is 0 Å². The topological polar surface area (TPSA) is 34.2 Å². The largest absolute Gasteiger partial charge is 0.456 e. The van der Waals surface area contributed by atoms with Crippen LogP contribution in [0, 0.1) is 13.8 Å². The molecule has 2 aromatic rings. The minimum absolute atomic E-state index is 0.778. The Morgan fingerprint density at radius 2 is 1.74 bits per heavy atom. The Hall–Kier alpha value is -1.87. The third-order valence-corrected chi connectivity index (χ3v) is 2.78. The van der Waals surface area contributed by atoms with Crippen molar-refractivity contribution >= 4 is 0 Å². The van der Waals surface area contributed by atoms with E-state index in [1.54, 1.807) is 6.20 Å². The highest BCUT2D eigenvalue weighted by Crippen LogP contribution is 2.23. The number of nitrogens with one attached hydrogen (secondary N) is 1. The lowest BCUT2D eigenvalue weighted by molar-refractivity contribution is 0.478. The first-order valence-corrected chi connectivity index (χ1v) is 6.58. The van der Waals surface area contributed by atoms with Crippen LogP contribution in [0.4, 0.5) is 0 Å². The van der Waals surface area contributed by atoms with E-state index in [0.29, 0.717) is 0 Å². The lowest BCUT2D eigenvalue weighted by Gasteiger charge is -2.09. The van der Waals surface area contributed by atoms with Crippen molar-refractivity contribution < 1.29 is 4.74 Å². The number of aryl methyl sites for hydroxylation is 2. The van der Waals surface area contributed by atoms with Gasteiger partial charge in [0.1, 0.15) is 11.5 Å². The van der Waals surface area contributed by atoms with E-state index in [1.165, 1.54) is 11.1 Å². The summed E-state index contributed by atoms with van der Waals surface area (Å²) in [5, 5.41) is 3.28. The Bertz CT molecular complexity index is 532. The van der Waals surface area contributed by atoms with Crippen molar-refractivity contribution in [3.63, 3.8) is 0 Å². The Balaban J connectivity index is 2.13. The maximum atomic E-state index is 5.87. The maximum absolute atomic E-state index is 5.87. The highest BCUT2D eigenvalue weighted by atomic mass is 16.5. The smallest absolute Gasteiger partial charge is 0.146 e. The van der Waals surface area contributed by atoms with E-state index < -0.39 is 0 Å². The number of pyridine rings is 1. The first-order valence-electron chi connectivity index (χ1n) is 6.58. The van der Waals surface area contributed by atoms with Gasteiger partial charge in [0, 0.05) is 12.7 Å². The normalized spacial score (nSPS) is 10.5. The molecule has 0 bridgehead atoms. The summed E-state index contributed by atoms with van der Waals surface area (Å²) < 4.78 is 5.87. The molecule has 0 aliphatic carbocycles. The molecule has 0 saturated heterocycles. The third kappa shape index (κ3) is 4.07. The fraction of sp³-hybridized carbons (Fsp3) is 0.312. The second-order valence-corrected chi connectivity index (χ2v) is 4.73. The molecule has 0 aliphatic rings. The van der Waals surface area contributed by atoms with E-state index in [-0.39, 0.29) is 0 Å². The first-order chi connectivity index (χ1) is 9.17. The van der Waals surface area contributed by atoms with Crippen LogP contribution in [-0.2, 0) is 6.54 Å². The van der Waals surface area contributed by atoms with Gasteiger partial charge in [-0.2, -0.15) is 0 Å². The molecule has 0 unspecified atom stereocenters. The summed E-state index contributed by atoms with van der Waals surface area (Å²) in [6.45, 7) is 7.98. The molecule has 2 rings (SSSR count). The molecule has 1 aromatic heterocycles. The van der Waals surface area contributed by atoms with Crippen molar-refractivity contribution in [3.05, 3.63) is 53.3 Å². The molecule has 1 heterocycles. The number of benzene rings is 1. The van der Waals surface area contributed by atoms with Gasteiger partial charge < -0.3 is 10.1 Å². The van der Waals surface area contributed by atoms with Crippen molar-refractivity contribution in [3.8, 4) is 11.5 Å². The van der Waals surface area contributed by atoms with Gasteiger partial charge >= 0.3 is 0 Å². The summed E-state index contributed by atoms with van der Waals surface area (Å²) in [7, 11) is 0. The lowest BCUT2D eigenvalue weighted by atomic mass is 10.1. The predicted octanol–water partition coefficient (Wildman–Crippen LogP) is 3.60. The van der Waals surface area contributed by atoms with E-state index in [4.69, 9.17) is 4.74 Å². The molecule has 0 fully saturated rings. The predicted molar refractivity (Wildman–Crippen MR) is 77.6 cm³/mol. The van der Waals surface area contributed by atoms with Crippen LogP contribution >= 0.6 is 0 Å². The number of hydrogen-bond donors (Lipinski definition) is 1. The molecule has 3 heteroatoms. The summed E-state index contributed by atoms with van der Waals surface area (Å²) >= 11 is 0. The zero-order valence-electron chi connectivity index (χ0n) is 11.7. The molecule has 3 nitrogen and oxygen atoms in total. The number of nitrogens with zero attached hydrogens (tertiary/aromatic N) is 1. The molecule has 19 heavy (non-hydrogen) atoms. The van der Waals surface area contributed by atoms with Gasteiger partial charge in [-0.05, 0) is 55.3 Å². The number of hydrogen-bond acceptors (Lipinski definition) is 3. The van der Waals surface area contributed by atoms with Crippen molar-refractivity contribution in [1.82, 2.24) is 10.3 Å². The Morgan fingerprint density at radius 3 is 2.42 bits per heavy atom. The van der Waals surface area contributed by atoms with Gasteiger partial charge in [0.2, 0.25) is 0 Å². The number of rotatable bonds is 5. The Morgan fingerprint density at radius 1 is 1.00 bits per heavy atom. The summed E-state index contributed by atoms with van der Waals surface area (Å²) in [6, 6.07) is 8.22. The van der Waals surface area contributed by atoms with Gasteiger partial charge in [-0.25, -0.2) is 0 Å². The third-order valence-electron chi connectivity index (χ3n) is 2.78. The fourth-order valence-electron chi connectivity index (χ4n) is 2.01. The average Bonchev–Trinajstić information content (AvgIpc) is 2.35. The van der Waals surface area contributed by atoms with Crippen molar-refractivity contribution in [2.24, 2.45) is 0 Å². The SMILES string of the molecule is CCNCc1cncc(Oc2cc(C)cc(C)c2)c1. The Labute approximate surface area is 114 Å². The summed E-state index contributed by atoms with van der Waals surface area (Å²) in [4.78, 5) is 4.21. The molecule has 0 saturated carbocycles. The summed E-state index contributed by atoms with van der Waals surface area (Å²) in [6.07, 6.45) is 3.60. The molecule has 0 amide bonds. The molecule has 0 aliphatic heterocycles. The molecule has 0 radical (unpaired) electrons. The van der Waals surface area contributed by atoms with Gasteiger partial charge in [-0.1, -0.05) is 13.0 Å². The lowest BCUT2D eigenvalue weighted by Crippen LogP contribution is -2.11. The second kappa shape index (κ2) is 6.34. The standard InChI is InChI=1S/C16H20N2O/c1-4-17-9-14-8-16(11-18-10-14)19-15-6-12(2)5-13(3)7-15/h5-8,10-11,17H,4,9H2,1-3H3. The Kier molecular flexibility index (Phi) is 4.53. The van der Waals surface area contributed by atoms with Gasteiger partial charge in [-0.15, -0.1) is 0 Å². The molecular weight excluding hydrogens is 236 g/mol. The summed E-state index contributed by atoms with van der Waals surface area (Å²) in [5.74, 6) is 1.64. The molecule has 0 spiro atoms. The van der Waals surface area contributed by atoms with Crippen molar-refractivity contribution in [1.29, 1.82) is 0 Å². The van der Waals surface area contributed by atoms with E-state index in [1.807, 2.05) is 24.4 Å². The van der Waals surface area contributed by atoms with Crippen molar-refractivity contribution in [2.45, 2.75) is 27.3 Å². The molecule has 1 N–H and O–H groups in total.